The average Bonchev–Trinajstić information content (AvgIpc) is 2.16. The number of ether oxygens (including phenoxy) is 2. The van der Waals surface area contributed by atoms with Crippen molar-refractivity contribution < 1.29 is 14.3 Å². The molecule has 0 saturated carbocycles. The van der Waals surface area contributed by atoms with E-state index in [0.29, 0.717) is 18.1 Å². The van der Waals surface area contributed by atoms with E-state index in [4.69, 9.17) is 9.47 Å². The molecular formula is C12H14O3. The van der Waals surface area contributed by atoms with Crippen LogP contribution in [-0.4, -0.2) is 12.6 Å². The molecule has 0 bridgehead atoms. The second-order valence-corrected chi connectivity index (χ2v) is 2.97. The van der Waals surface area contributed by atoms with Crippen LogP contribution in [-0.2, 0) is 4.79 Å². The first kappa shape index (κ1) is 11.3. The molecule has 0 N–H and O–H groups in total. The number of hydrogen-bond acceptors (Lipinski definition) is 3. The van der Waals surface area contributed by atoms with Crippen molar-refractivity contribution in [3.63, 3.8) is 0 Å². The first-order valence-corrected chi connectivity index (χ1v) is 4.74. The molecule has 0 radical (unpaired) electrons. The molecule has 0 heterocycles. The van der Waals surface area contributed by atoms with Gasteiger partial charge < -0.3 is 9.47 Å². The molecule has 15 heavy (non-hydrogen) atoms. The van der Waals surface area contributed by atoms with Crippen LogP contribution in [0.1, 0.15) is 19.4 Å². The molecule has 0 atom stereocenters. The average molecular weight is 206 g/mol. The monoisotopic (exact) mass is 206 g/mol. The van der Waals surface area contributed by atoms with Crippen molar-refractivity contribution in [1.29, 1.82) is 0 Å². The second-order valence-electron chi connectivity index (χ2n) is 2.97. The Labute approximate surface area is 89.3 Å². The van der Waals surface area contributed by atoms with Crippen LogP contribution < -0.4 is 9.47 Å². The number of hydrogen-bond donors (Lipinski definition) is 0. The summed E-state index contributed by atoms with van der Waals surface area (Å²) < 4.78 is 10.3. The molecule has 0 spiro atoms. The van der Waals surface area contributed by atoms with Gasteiger partial charge in [0.2, 0.25) is 0 Å². The molecular weight excluding hydrogens is 192 g/mol. The van der Waals surface area contributed by atoms with Crippen molar-refractivity contribution in [3.05, 3.63) is 30.3 Å². The highest BCUT2D eigenvalue weighted by Crippen LogP contribution is 2.23. The summed E-state index contributed by atoms with van der Waals surface area (Å²) in [5, 5.41) is 0. The fourth-order valence-corrected chi connectivity index (χ4v) is 1.19. The molecule has 0 aliphatic heterocycles. The van der Waals surface area contributed by atoms with E-state index >= 15 is 0 Å². The van der Waals surface area contributed by atoms with E-state index in [-0.39, 0.29) is 5.97 Å². The maximum Gasteiger partial charge on any atom is 0.308 e. The van der Waals surface area contributed by atoms with Gasteiger partial charge in [0.1, 0.15) is 11.5 Å². The fourth-order valence-electron chi connectivity index (χ4n) is 1.19. The van der Waals surface area contributed by atoms with E-state index in [9.17, 15) is 4.79 Å². The minimum Gasteiger partial charge on any atom is -0.494 e. The first-order chi connectivity index (χ1) is 7.15. The summed E-state index contributed by atoms with van der Waals surface area (Å²) in [7, 11) is 0. The van der Waals surface area contributed by atoms with E-state index in [1.807, 2.05) is 13.0 Å². The Balaban J connectivity index is 2.99. The number of carbonyl (C=O) groups excluding carboxylic acids is 1. The van der Waals surface area contributed by atoms with Gasteiger partial charge in [-0.15, -0.1) is 0 Å². The number of esters is 1. The highest BCUT2D eigenvalue weighted by atomic mass is 16.5. The summed E-state index contributed by atoms with van der Waals surface area (Å²) in [5.74, 6) is 0.799. The molecule has 0 amide bonds. The van der Waals surface area contributed by atoms with Crippen LogP contribution in [0.5, 0.6) is 11.5 Å². The molecule has 0 aromatic heterocycles. The predicted molar refractivity (Wildman–Crippen MR) is 59.0 cm³/mol. The minimum atomic E-state index is -0.348. The summed E-state index contributed by atoms with van der Waals surface area (Å²) in [6.45, 7) is 7.48. The fraction of sp³-hybridized carbons (Fsp3) is 0.250. The Morgan fingerprint density at radius 3 is 2.60 bits per heavy atom. The zero-order chi connectivity index (χ0) is 11.3. The third kappa shape index (κ3) is 3.46. The number of carbonyl (C=O) groups is 1. The summed E-state index contributed by atoms with van der Waals surface area (Å²) >= 11 is 0. The SMILES string of the molecule is C=Cc1cc(OCC)cc(OC(C)=O)c1. The molecule has 1 aromatic carbocycles. The normalized spacial score (nSPS) is 9.47. The maximum atomic E-state index is 10.8. The highest BCUT2D eigenvalue weighted by Gasteiger charge is 2.03. The molecule has 1 rings (SSSR count). The van der Waals surface area contributed by atoms with Crippen LogP contribution in [0.2, 0.25) is 0 Å². The summed E-state index contributed by atoms with van der Waals surface area (Å²) in [4.78, 5) is 10.8. The van der Waals surface area contributed by atoms with E-state index in [2.05, 4.69) is 6.58 Å². The van der Waals surface area contributed by atoms with E-state index in [1.165, 1.54) is 6.92 Å². The molecule has 0 unspecified atom stereocenters. The van der Waals surface area contributed by atoms with Crippen LogP contribution in [0.3, 0.4) is 0 Å². The number of rotatable bonds is 4. The zero-order valence-corrected chi connectivity index (χ0v) is 8.95. The van der Waals surface area contributed by atoms with Crippen molar-refractivity contribution in [2.45, 2.75) is 13.8 Å². The van der Waals surface area contributed by atoms with E-state index < -0.39 is 0 Å². The van der Waals surface area contributed by atoms with Gasteiger partial charge in [-0.25, -0.2) is 0 Å². The zero-order valence-electron chi connectivity index (χ0n) is 8.95. The maximum absolute atomic E-state index is 10.8. The van der Waals surface area contributed by atoms with Crippen molar-refractivity contribution in [1.82, 2.24) is 0 Å². The number of benzene rings is 1. The lowest BCUT2D eigenvalue weighted by Gasteiger charge is -2.07. The van der Waals surface area contributed by atoms with Gasteiger partial charge in [0.05, 0.1) is 6.61 Å². The van der Waals surface area contributed by atoms with Gasteiger partial charge in [0.15, 0.2) is 0 Å². The molecule has 1 aromatic rings. The van der Waals surface area contributed by atoms with Crippen LogP contribution in [0.15, 0.2) is 24.8 Å². The van der Waals surface area contributed by atoms with Gasteiger partial charge in [-0.05, 0) is 24.6 Å². The van der Waals surface area contributed by atoms with Crippen LogP contribution in [0.4, 0.5) is 0 Å². The third-order valence-corrected chi connectivity index (χ3v) is 1.71. The van der Waals surface area contributed by atoms with Gasteiger partial charge in [-0.2, -0.15) is 0 Å². The van der Waals surface area contributed by atoms with Crippen molar-refractivity contribution in [3.8, 4) is 11.5 Å². The summed E-state index contributed by atoms with van der Waals surface area (Å²) in [5.41, 5.74) is 0.859. The largest absolute Gasteiger partial charge is 0.494 e. The van der Waals surface area contributed by atoms with Crippen molar-refractivity contribution in [2.24, 2.45) is 0 Å². The van der Waals surface area contributed by atoms with Gasteiger partial charge >= 0.3 is 5.97 Å². The van der Waals surface area contributed by atoms with Crippen LogP contribution in [0, 0.1) is 0 Å². The Kier molecular flexibility index (Phi) is 3.92. The van der Waals surface area contributed by atoms with E-state index in [1.54, 1.807) is 18.2 Å². The topological polar surface area (TPSA) is 35.5 Å². The lowest BCUT2D eigenvalue weighted by Crippen LogP contribution is -2.02. The first-order valence-electron chi connectivity index (χ1n) is 4.74. The smallest absolute Gasteiger partial charge is 0.308 e. The standard InChI is InChI=1S/C12H14O3/c1-4-10-6-11(14-5-2)8-12(7-10)15-9(3)13/h4,6-8H,1,5H2,2-3H3. The van der Waals surface area contributed by atoms with Crippen LogP contribution in [0.25, 0.3) is 6.08 Å². The predicted octanol–water partition coefficient (Wildman–Crippen LogP) is 2.65. The molecule has 0 aliphatic carbocycles. The molecule has 0 fully saturated rings. The van der Waals surface area contributed by atoms with Gasteiger partial charge in [-0.3, -0.25) is 4.79 Å². The summed E-state index contributed by atoms with van der Waals surface area (Å²) in [6, 6.07) is 5.25. The highest BCUT2D eigenvalue weighted by molar-refractivity contribution is 5.70. The molecule has 0 saturated heterocycles. The summed E-state index contributed by atoms with van der Waals surface area (Å²) in [6.07, 6.45) is 1.68. The second kappa shape index (κ2) is 5.20. The van der Waals surface area contributed by atoms with E-state index in [0.717, 1.165) is 5.56 Å². The van der Waals surface area contributed by atoms with Crippen molar-refractivity contribution >= 4 is 12.0 Å². The van der Waals surface area contributed by atoms with Crippen LogP contribution >= 0.6 is 0 Å². The lowest BCUT2D eigenvalue weighted by atomic mass is 10.2. The van der Waals surface area contributed by atoms with Gasteiger partial charge in [0.25, 0.3) is 0 Å². The Morgan fingerprint density at radius 1 is 1.40 bits per heavy atom. The minimum absolute atomic E-state index is 0.348. The lowest BCUT2D eigenvalue weighted by molar-refractivity contribution is -0.131. The van der Waals surface area contributed by atoms with Gasteiger partial charge in [0, 0.05) is 13.0 Å². The molecule has 3 nitrogen and oxygen atoms in total. The molecule has 3 heteroatoms. The Hall–Kier alpha value is -1.77. The molecule has 80 valence electrons. The molecule has 0 aliphatic rings. The quantitative estimate of drug-likeness (QED) is 0.561. The Morgan fingerprint density at radius 2 is 2.07 bits per heavy atom. The van der Waals surface area contributed by atoms with Crippen molar-refractivity contribution in [2.75, 3.05) is 6.61 Å². The third-order valence-electron chi connectivity index (χ3n) is 1.71. The Bertz CT molecular complexity index is 369. The van der Waals surface area contributed by atoms with Gasteiger partial charge in [-0.1, -0.05) is 12.7 Å².